The third kappa shape index (κ3) is 7.05. The number of hydrogen-bond donors (Lipinski definition) is 2. The minimum Gasteiger partial charge on any atom is -0.355 e. The molecule has 1 unspecified atom stereocenters. The Morgan fingerprint density at radius 3 is 2.35 bits per heavy atom. The van der Waals surface area contributed by atoms with Gasteiger partial charge in [0.05, 0.1) is 28.6 Å². The van der Waals surface area contributed by atoms with Gasteiger partial charge >= 0.3 is 0 Å². The Morgan fingerprint density at radius 1 is 1.19 bits per heavy atom. The van der Waals surface area contributed by atoms with Crippen molar-refractivity contribution in [3.05, 3.63) is 0 Å². The van der Waals surface area contributed by atoms with E-state index in [0.29, 0.717) is 21.6 Å². The lowest BCUT2D eigenvalue weighted by Crippen LogP contribution is -2.47. The summed E-state index contributed by atoms with van der Waals surface area (Å²) in [5, 5.41) is 13.6. The molecule has 0 aliphatic carbocycles. The second kappa shape index (κ2) is 9.38. The first kappa shape index (κ1) is 21.5. The smallest absolute Gasteiger partial charge is 0.230 e. The van der Waals surface area contributed by atoms with Crippen molar-refractivity contribution >= 4 is 56.5 Å². The molecule has 2 amide bonds. The van der Waals surface area contributed by atoms with Crippen molar-refractivity contribution in [1.29, 1.82) is 0 Å². The highest BCUT2D eigenvalue weighted by atomic mass is 32.2. The van der Waals surface area contributed by atoms with Gasteiger partial charge in [-0.15, -0.1) is 10.2 Å². The second-order valence-corrected chi connectivity index (χ2v) is 11.8. The zero-order valence-electron chi connectivity index (χ0n) is 14.6. The number of sulfone groups is 1. The molecule has 1 aromatic rings. The maximum atomic E-state index is 12.1. The summed E-state index contributed by atoms with van der Waals surface area (Å²) >= 11 is 3.89. The fourth-order valence-corrected chi connectivity index (χ4v) is 7.11. The molecule has 1 fully saturated rings. The fourth-order valence-electron chi connectivity index (χ4n) is 2.37. The summed E-state index contributed by atoms with van der Waals surface area (Å²) in [7, 11) is -3.06. The van der Waals surface area contributed by atoms with E-state index in [2.05, 4.69) is 20.8 Å². The summed E-state index contributed by atoms with van der Waals surface area (Å²) < 4.78 is 24.5. The molecule has 146 valence electrons. The summed E-state index contributed by atoms with van der Waals surface area (Å²) in [6.07, 6.45) is 1.33. The number of amides is 2. The Hall–Kier alpha value is -0.850. The van der Waals surface area contributed by atoms with Gasteiger partial charge in [-0.2, -0.15) is 0 Å². The molecule has 2 N–H and O–H groups in total. The average Bonchev–Trinajstić information content (AvgIpc) is 3.12. The molecular formula is C14H22N4O4S4. The third-order valence-electron chi connectivity index (χ3n) is 3.56. The first-order valence-electron chi connectivity index (χ1n) is 8.08. The summed E-state index contributed by atoms with van der Waals surface area (Å²) in [6.45, 7) is 4.40. The molecule has 1 aromatic heterocycles. The predicted octanol–water partition coefficient (Wildman–Crippen LogP) is 0.942. The molecule has 0 radical (unpaired) electrons. The number of nitrogens with one attached hydrogen (secondary N) is 2. The van der Waals surface area contributed by atoms with Crippen LogP contribution in [0.4, 0.5) is 0 Å². The molecule has 0 bridgehead atoms. The van der Waals surface area contributed by atoms with Crippen LogP contribution in [0.5, 0.6) is 0 Å². The van der Waals surface area contributed by atoms with Gasteiger partial charge in [0.1, 0.15) is 0 Å². The van der Waals surface area contributed by atoms with Crippen LogP contribution >= 0.6 is 34.9 Å². The lowest BCUT2D eigenvalue weighted by atomic mass is 10.0. The topological polar surface area (TPSA) is 118 Å². The van der Waals surface area contributed by atoms with Crippen molar-refractivity contribution in [2.45, 2.75) is 40.9 Å². The number of aromatic nitrogens is 2. The highest BCUT2D eigenvalue weighted by Gasteiger charge is 2.39. The van der Waals surface area contributed by atoms with Gasteiger partial charge in [0.2, 0.25) is 11.8 Å². The molecule has 8 nitrogen and oxygen atoms in total. The van der Waals surface area contributed by atoms with Crippen LogP contribution < -0.4 is 10.6 Å². The van der Waals surface area contributed by atoms with Crippen molar-refractivity contribution in [2.75, 3.05) is 29.6 Å². The number of thioether (sulfide) groups is 2. The molecule has 2 heterocycles. The molecule has 1 aliphatic heterocycles. The lowest BCUT2D eigenvalue weighted by molar-refractivity contribution is -0.120. The molecule has 0 saturated carbocycles. The van der Waals surface area contributed by atoms with E-state index in [0.717, 1.165) is 6.42 Å². The number of carbonyl (C=O) groups excluding carboxylic acids is 2. The Labute approximate surface area is 165 Å². The van der Waals surface area contributed by atoms with Crippen molar-refractivity contribution < 1.29 is 18.0 Å². The maximum Gasteiger partial charge on any atom is 0.230 e. The number of carbonyl (C=O) groups is 2. The van der Waals surface area contributed by atoms with Gasteiger partial charge < -0.3 is 10.6 Å². The number of rotatable bonds is 9. The van der Waals surface area contributed by atoms with Gasteiger partial charge in [-0.1, -0.05) is 41.8 Å². The average molecular weight is 439 g/mol. The van der Waals surface area contributed by atoms with E-state index < -0.39 is 15.4 Å². The first-order chi connectivity index (χ1) is 12.2. The van der Waals surface area contributed by atoms with Gasteiger partial charge in [-0.25, -0.2) is 8.42 Å². The number of nitrogens with zero attached hydrogens (tertiary/aromatic N) is 2. The van der Waals surface area contributed by atoms with Crippen LogP contribution in [0.1, 0.15) is 26.7 Å². The highest BCUT2D eigenvalue weighted by Crippen LogP contribution is 2.29. The predicted molar refractivity (Wildman–Crippen MR) is 104 cm³/mol. The fraction of sp³-hybridized carbons (Fsp3) is 0.714. The molecule has 0 spiro atoms. The van der Waals surface area contributed by atoms with Crippen molar-refractivity contribution in [3.8, 4) is 0 Å². The minimum absolute atomic E-state index is 0.0178. The van der Waals surface area contributed by atoms with Gasteiger partial charge in [-0.05, 0) is 19.8 Å². The van der Waals surface area contributed by atoms with Crippen LogP contribution in [-0.4, -0.2) is 65.5 Å². The molecule has 1 atom stereocenters. The second-order valence-electron chi connectivity index (χ2n) is 6.21. The summed E-state index contributed by atoms with van der Waals surface area (Å²) in [5.74, 6) is 0.257. The Morgan fingerprint density at radius 2 is 1.81 bits per heavy atom. The van der Waals surface area contributed by atoms with E-state index in [-0.39, 0.29) is 34.8 Å². The zero-order valence-corrected chi connectivity index (χ0v) is 17.9. The third-order valence-corrected chi connectivity index (χ3v) is 8.65. The van der Waals surface area contributed by atoms with Crippen LogP contribution in [0.2, 0.25) is 0 Å². The van der Waals surface area contributed by atoms with Crippen molar-refractivity contribution in [1.82, 2.24) is 20.8 Å². The minimum atomic E-state index is -3.06. The van der Waals surface area contributed by atoms with E-state index in [1.165, 1.54) is 34.9 Å². The SMILES string of the molecule is CCCNC(=O)CSc1nnc(SCC(=O)NC2(C)CCS(=O)(=O)C2)s1. The van der Waals surface area contributed by atoms with Crippen LogP contribution in [0.3, 0.4) is 0 Å². The molecule has 0 aromatic carbocycles. The molecule has 26 heavy (non-hydrogen) atoms. The van der Waals surface area contributed by atoms with Gasteiger partial charge in [0, 0.05) is 6.54 Å². The monoisotopic (exact) mass is 438 g/mol. The summed E-state index contributed by atoms with van der Waals surface area (Å²) in [4.78, 5) is 23.6. The molecule has 12 heteroatoms. The Kier molecular flexibility index (Phi) is 7.74. The van der Waals surface area contributed by atoms with E-state index in [1.54, 1.807) is 6.92 Å². The number of hydrogen-bond acceptors (Lipinski definition) is 9. The first-order valence-corrected chi connectivity index (χ1v) is 12.7. The van der Waals surface area contributed by atoms with E-state index in [1.807, 2.05) is 6.92 Å². The largest absolute Gasteiger partial charge is 0.355 e. The maximum absolute atomic E-state index is 12.1. The van der Waals surface area contributed by atoms with Crippen molar-refractivity contribution in [3.63, 3.8) is 0 Å². The highest BCUT2D eigenvalue weighted by molar-refractivity contribution is 8.03. The zero-order chi connectivity index (χ0) is 19.2. The van der Waals surface area contributed by atoms with Crippen LogP contribution in [0.15, 0.2) is 8.68 Å². The summed E-state index contributed by atoms with van der Waals surface area (Å²) in [6, 6.07) is 0. The van der Waals surface area contributed by atoms with Gasteiger partial charge in [-0.3, -0.25) is 9.59 Å². The molecule has 1 saturated heterocycles. The Bertz CT molecular complexity index is 752. The van der Waals surface area contributed by atoms with E-state index in [4.69, 9.17) is 0 Å². The standard InChI is InChI=1S/C14H22N4O4S4/c1-3-5-15-10(19)7-23-12-17-18-13(25-12)24-8-11(20)16-14(2)4-6-26(21,22)9-14/h3-9H2,1-2H3,(H,15,19)(H,16,20). The normalized spacial score (nSPS) is 21.5. The quantitative estimate of drug-likeness (QED) is 0.547. The van der Waals surface area contributed by atoms with Crippen LogP contribution in [0.25, 0.3) is 0 Å². The van der Waals surface area contributed by atoms with Gasteiger partial charge in [0.25, 0.3) is 0 Å². The molecular weight excluding hydrogens is 416 g/mol. The summed E-state index contributed by atoms with van der Waals surface area (Å²) in [5.41, 5.74) is -0.690. The van der Waals surface area contributed by atoms with E-state index >= 15 is 0 Å². The molecule has 2 rings (SSSR count). The van der Waals surface area contributed by atoms with Crippen LogP contribution in [-0.2, 0) is 19.4 Å². The lowest BCUT2D eigenvalue weighted by Gasteiger charge is -2.23. The van der Waals surface area contributed by atoms with Gasteiger partial charge in [0.15, 0.2) is 18.5 Å². The van der Waals surface area contributed by atoms with Crippen LogP contribution in [0, 0.1) is 0 Å². The Balaban J connectivity index is 1.73. The van der Waals surface area contributed by atoms with Crippen molar-refractivity contribution in [2.24, 2.45) is 0 Å². The molecule has 1 aliphatic rings. The van der Waals surface area contributed by atoms with E-state index in [9.17, 15) is 18.0 Å².